The van der Waals surface area contributed by atoms with E-state index in [1.807, 2.05) is 0 Å². The molecule has 35 heavy (non-hydrogen) atoms. The molecule has 0 fully saturated rings. The Labute approximate surface area is 206 Å². The minimum Gasteiger partial charge on any atom is -0.338 e. The van der Waals surface area contributed by atoms with Crippen LogP contribution in [-0.2, 0) is 0 Å². The zero-order valence-corrected chi connectivity index (χ0v) is 21.4. The van der Waals surface area contributed by atoms with Crippen LogP contribution in [-0.4, -0.2) is 55.4 Å². The predicted octanol–water partition coefficient (Wildman–Crippen LogP) is 3.18. The summed E-state index contributed by atoms with van der Waals surface area (Å²) < 4.78 is 0. The second-order valence-electron chi connectivity index (χ2n) is 9.67. The Morgan fingerprint density at radius 3 is 1.43 bits per heavy atom. The van der Waals surface area contributed by atoms with Crippen molar-refractivity contribution in [2.75, 3.05) is 47.0 Å². The van der Waals surface area contributed by atoms with Gasteiger partial charge in [-0.15, -0.1) is 0 Å². The van der Waals surface area contributed by atoms with E-state index in [9.17, 15) is 0 Å². The molecule has 2 aliphatic rings. The zero-order valence-electron chi connectivity index (χ0n) is 20.4. The first-order valence-corrected chi connectivity index (χ1v) is 14.7. The maximum atomic E-state index is 4.61. The Balaban J connectivity index is 1.35. The molecule has 0 unspecified atom stereocenters. The van der Waals surface area contributed by atoms with E-state index in [0.717, 1.165) is 48.0 Å². The lowest BCUT2D eigenvalue weighted by atomic mass is 10.3. The van der Waals surface area contributed by atoms with E-state index in [1.54, 1.807) is 24.8 Å². The fourth-order valence-corrected chi connectivity index (χ4v) is 7.33. The summed E-state index contributed by atoms with van der Waals surface area (Å²) in [5, 5.41) is 2.76. The topological polar surface area (TPSA) is 64.5 Å². The second kappa shape index (κ2) is 8.05. The largest absolute Gasteiger partial charge is 0.338 e. The van der Waals surface area contributed by atoms with E-state index in [1.165, 1.54) is 10.4 Å². The third-order valence-corrected chi connectivity index (χ3v) is 10.5. The molecule has 8 nitrogen and oxygen atoms in total. The summed E-state index contributed by atoms with van der Waals surface area (Å²) in [5.74, 6) is 3.65. The van der Waals surface area contributed by atoms with Gasteiger partial charge in [0.25, 0.3) is 0 Å². The summed E-state index contributed by atoms with van der Waals surface area (Å²) in [6.07, 6.45) is 7.02. The lowest BCUT2D eigenvalue weighted by Crippen LogP contribution is -2.53. The monoisotopic (exact) mass is 480 g/mol. The molecule has 0 saturated heterocycles. The molecule has 4 aromatic rings. The molecule has 176 valence electrons. The number of rotatable bonds is 4. The Bertz CT molecular complexity index is 1300. The SMILES string of the molecule is CN1CN(c2cccc([Si](C)(C)c3cccc(N4CN(C)c5nccnc54)c3)c2)c2nccnc21. The molecular weight excluding hydrogens is 452 g/mol. The third-order valence-electron chi connectivity index (χ3n) is 7.02. The average molecular weight is 481 g/mol. The zero-order chi connectivity index (χ0) is 24.2. The molecule has 0 spiro atoms. The van der Waals surface area contributed by atoms with Gasteiger partial charge in [-0.05, 0) is 24.3 Å². The fourth-order valence-electron chi connectivity index (χ4n) is 4.96. The van der Waals surface area contributed by atoms with Crippen molar-refractivity contribution in [2.45, 2.75) is 13.1 Å². The van der Waals surface area contributed by atoms with Crippen LogP contribution >= 0.6 is 0 Å². The molecule has 2 aliphatic heterocycles. The van der Waals surface area contributed by atoms with Crippen molar-refractivity contribution >= 4 is 53.1 Å². The van der Waals surface area contributed by atoms with E-state index in [-0.39, 0.29) is 0 Å². The van der Waals surface area contributed by atoms with Gasteiger partial charge in [0.15, 0.2) is 23.3 Å². The van der Waals surface area contributed by atoms with E-state index < -0.39 is 8.07 Å². The average Bonchev–Trinajstić information content (AvgIpc) is 3.41. The van der Waals surface area contributed by atoms with Crippen LogP contribution in [0, 0.1) is 0 Å². The van der Waals surface area contributed by atoms with Crippen molar-refractivity contribution in [3.8, 4) is 0 Å². The molecule has 0 radical (unpaired) electrons. The first kappa shape index (κ1) is 21.5. The number of aromatic nitrogens is 4. The highest BCUT2D eigenvalue weighted by molar-refractivity contribution is 7.00. The Morgan fingerprint density at radius 1 is 0.600 bits per heavy atom. The summed E-state index contributed by atoms with van der Waals surface area (Å²) >= 11 is 0. The Hall–Kier alpha value is -3.98. The van der Waals surface area contributed by atoms with Gasteiger partial charge in [0.05, 0.1) is 13.3 Å². The summed E-state index contributed by atoms with van der Waals surface area (Å²) in [5.41, 5.74) is 2.30. The fraction of sp³-hybridized carbons (Fsp3) is 0.231. The van der Waals surface area contributed by atoms with Gasteiger partial charge in [0, 0.05) is 50.3 Å². The number of benzene rings is 2. The van der Waals surface area contributed by atoms with E-state index in [0.29, 0.717) is 0 Å². The van der Waals surface area contributed by atoms with Gasteiger partial charge < -0.3 is 19.6 Å². The molecule has 0 amide bonds. The van der Waals surface area contributed by atoms with Crippen molar-refractivity contribution in [2.24, 2.45) is 0 Å². The highest BCUT2D eigenvalue weighted by Crippen LogP contribution is 2.37. The number of hydrogen-bond acceptors (Lipinski definition) is 8. The van der Waals surface area contributed by atoms with Crippen LogP contribution in [0.1, 0.15) is 0 Å². The first-order chi connectivity index (χ1) is 16.9. The van der Waals surface area contributed by atoms with Crippen molar-refractivity contribution < 1.29 is 0 Å². The molecule has 0 bridgehead atoms. The number of nitrogens with zero attached hydrogens (tertiary/aromatic N) is 8. The van der Waals surface area contributed by atoms with Crippen LogP contribution in [0.15, 0.2) is 73.3 Å². The summed E-state index contributed by atoms with van der Waals surface area (Å²) in [6.45, 7) is 6.31. The molecular formula is C26H28N8Si. The summed E-state index contributed by atoms with van der Waals surface area (Å²) in [4.78, 5) is 27.0. The van der Waals surface area contributed by atoms with Gasteiger partial charge in [0.2, 0.25) is 0 Å². The molecule has 2 aromatic heterocycles. The smallest absolute Gasteiger partial charge is 0.178 e. The first-order valence-electron chi connectivity index (χ1n) is 11.7. The van der Waals surface area contributed by atoms with Crippen LogP contribution in [0.25, 0.3) is 0 Å². The molecule has 0 atom stereocenters. The molecule has 6 rings (SSSR count). The number of hydrogen-bond donors (Lipinski definition) is 0. The quantitative estimate of drug-likeness (QED) is 0.413. The van der Waals surface area contributed by atoms with Crippen molar-refractivity contribution in [1.29, 1.82) is 0 Å². The van der Waals surface area contributed by atoms with Gasteiger partial charge in [0.1, 0.15) is 8.07 Å². The van der Waals surface area contributed by atoms with Crippen molar-refractivity contribution in [1.82, 2.24) is 19.9 Å². The van der Waals surface area contributed by atoms with Gasteiger partial charge >= 0.3 is 0 Å². The second-order valence-corrected chi connectivity index (χ2v) is 14.1. The Morgan fingerprint density at radius 2 is 1.00 bits per heavy atom. The predicted molar refractivity (Wildman–Crippen MR) is 145 cm³/mol. The minimum atomic E-state index is -1.99. The van der Waals surface area contributed by atoms with Crippen LogP contribution < -0.4 is 30.0 Å². The summed E-state index contributed by atoms with van der Waals surface area (Å²) in [6, 6.07) is 17.9. The maximum Gasteiger partial charge on any atom is 0.178 e. The molecule has 0 N–H and O–H groups in total. The molecule has 0 saturated carbocycles. The van der Waals surface area contributed by atoms with Crippen molar-refractivity contribution in [3.05, 3.63) is 73.3 Å². The Kier molecular flexibility index (Phi) is 4.96. The highest BCUT2D eigenvalue weighted by atomic mass is 28.3. The maximum absolute atomic E-state index is 4.61. The molecule has 4 heterocycles. The highest BCUT2D eigenvalue weighted by Gasteiger charge is 2.32. The van der Waals surface area contributed by atoms with Gasteiger partial charge in [-0.1, -0.05) is 47.7 Å². The molecule has 2 aromatic carbocycles. The number of fused-ring (bicyclic) bond motifs is 2. The van der Waals surface area contributed by atoms with E-state index >= 15 is 0 Å². The van der Waals surface area contributed by atoms with Crippen LogP contribution in [0.4, 0.5) is 34.6 Å². The van der Waals surface area contributed by atoms with Crippen LogP contribution in [0.3, 0.4) is 0 Å². The van der Waals surface area contributed by atoms with Gasteiger partial charge in [-0.2, -0.15) is 0 Å². The summed E-state index contributed by atoms with van der Waals surface area (Å²) in [7, 11) is 2.12. The van der Waals surface area contributed by atoms with E-state index in [4.69, 9.17) is 0 Å². The lowest BCUT2D eigenvalue weighted by Gasteiger charge is -2.28. The lowest BCUT2D eigenvalue weighted by molar-refractivity contribution is 0.936. The minimum absolute atomic E-state index is 0.739. The van der Waals surface area contributed by atoms with Gasteiger partial charge in [-0.3, -0.25) is 0 Å². The van der Waals surface area contributed by atoms with Crippen LogP contribution in [0.5, 0.6) is 0 Å². The standard InChI is InChI=1S/C26H28N8Si/c1-31-17-33(25-23(31)27-11-13-29-25)19-7-5-9-21(15-19)35(3,4)22-10-6-8-20(16-22)34-18-32(2)24-26(34)30-14-12-28-24/h5-16H,17-18H2,1-4H3. The van der Waals surface area contributed by atoms with Crippen LogP contribution in [0.2, 0.25) is 13.1 Å². The number of anilines is 6. The molecule has 0 aliphatic carbocycles. The van der Waals surface area contributed by atoms with Crippen molar-refractivity contribution in [3.63, 3.8) is 0 Å². The van der Waals surface area contributed by atoms with E-state index in [2.05, 4.69) is 115 Å². The van der Waals surface area contributed by atoms with Gasteiger partial charge in [-0.25, -0.2) is 19.9 Å². The normalized spacial score (nSPS) is 15.0. The molecule has 9 heteroatoms. The third kappa shape index (κ3) is 3.50.